The Morgan fingerprint density at radius 2 is 2.05 bits per heavy atom. The number of hydrogen-bond donors (Lipinski definition) is 2. The van der Waals surface area contributed by atoms with Crippen molar-refractivity contribution in [3.8, 4) is 0 Å². The first-order valence-corrected chi connectivity index (χ1v) is 6.41. The van der Waals surface area contributed by atoms with Crippen LogP contribution in [0.1, 0.15) is 11.1 Å². The molecule has 0 radical (unpaired) electrons. The molecule has 4 nitrogen and oxygen atoms in total. The number of rotatable bonds is 3. The highest BCUT2D eigenvalue weighted by Crippen LogP contribution is 2.30. The van der Waals surface area contributed by atoms with E-state index in [4.69, 9.17) is 10.9 Å². The molecule has 0 aliphatic carbocycles. The molecule has 0 amide bonds. The largest absolute Gasteiger partial charge is 0.409 e. The van der Waals surface area contributed by atoms with Crippen molar-refractivity contribution in [2.75, 3.05) is 0 Å². The quantitative estimate of drug-likeness (QED) is 0.395. The van der Waals surface area contributed by atoms with E-state index in [9.17, 15) is 8.78 Å². The second kappa shape index (κ2) is 5.87. The Hall–Kier alpha value is -2.15. The molecular formula is C13H11F2N3OS. The van der Waals surface area contributed by atoms with Gasteiger partial charge in [0, 0.05) is 11.1 Å². The molecule has 3 N–H and O–H groups in total. The molecule has 0 spiro atoms. The van der Waals surface area contributed by atoms with E-state index >= 15 is 0 Å². The van der Waals surface area contributed by atoms with Crippen LogP contribution in [0.3, 0.4) is 0 Å². The maximum absolute atomic E-state index is 13.2. The smallest absolute Gasteiger partial charge is 0.173 e. The van der Waals surface area contributed by atoms with Gasteiger partial charge in [-0.2, -0.15) is 0 Å². The summed E-state index contributed by atoms with van der Waals surface area (Å²) in [5.74, 6) is -1.93. The molecule has 2 aromatic rings. The lowest BCUT2D eigenvalue weighted by Crippen LogP contribution is -2.16. The highest BCUT2D eigenvalue weighted by atomic mass is 32.2. The molecule has 0 fully saturated rings. The third-order valence-electron chi connectivity index (χ3n) is 2.59. The molecule has 20 heavy (non-hydrogen) atoms. The molecule has 7 heteroatoms. The summed E-state index contributed by atoms with van der Waals surface area (Å²) >= 11 is 1.11. The van der Waals surface area contributed by atoms with Gasteiger partial charge in [-0.05, 0) is 36.8 Å². The molecule has 0 saturated heterocycles. The molecule has 0 atom stereocenters. The van der Waals surface area contributed by atoms with Crippen LogP contribution in [-0.4, -0.2) is 16.0 Å². The molecule has 2 rings (SSSR count). The number of amidine groups is 1. The number of hydrogen-bond acceptors (Lipinski definition) is 4. The lowest BCUT2D eigenvalue weighted by Gasteiger charge is -2.09. The summed E-state index contributed by atoms with van der Waals surface area (Å²) in [6.45, 7) is 1.78. The van der Waals surface area contributed by atoms with Crippen molar-refractivity contribution in [3.05, 3.63) is 53.2 Å². The second-order valence-corrected chi connectivity index (χ2v) is 5.03. The maximum Gasteiger partial charge on any atom is 0.173 e. The van der Waals surface area contributed by atoms with Crippen molar-refractivity contribution in [3.63, 3.8) is 0 Å². The average molecular weight is 295 g/mol. The number of pyridine rings is 1. The van der Waals surface area contributed by atoms with Gasteiger partial charge in [0.2, 0.25) is 0 Å². The Kier molecular flexibility index (Phi) is 4.19. The Morgan fingerprint density at radius 3 is 2.70 bits per heavy atom. The Balaban J connectivity index is 2.43. The number of aryl methyl sites for hydroxylation is 1. The zero-order chi connectivity index (χ0) is 14.7. The number of nitrogens with zero attached hydrogens (tertiary/aromatic N) is 2. The molecule has 0 aliphatic rings. The first-order valence-electron chi connectivity index (χ1n) is 5.59. The van der Waals surface area contributed by atoms with E-state index in [1.54, 1.807) is 19.2 Å². The summed E-state index contributed by atoms with van der Waals surface area (Å²) in [5.41, 5.74) is 6.84. The minimum atomic E-state index is -0.937. The van der Waals surface area contributed by atoms with Gasteiger partial charge >= 0.3 is 0 Å². The average Bonchev–Trinajstić information content (AvgIpc) is 2.42. The first-order chi connectivity index (χ1) is 9.52. The summed E-state index contributed by atoms with van der Waals surface area (Å²) in [6, 6.07) is 5.25. The van der Waals surface area contributed by atoms with Crippen molar-refractivity contribution in [2.24, 2.45) is 10.9 Å². The number of aromatic nitrogens is 1. The lowest BCUT2D eigenvalue weighted by atomic mass is 10.1. The number of oxime groups is 1. The van der Waals surface area contributed by atoms with Gasteiger partial charge in [-0.1, -0.05) is 16.9 Å². The molecular weight excluding hydrogens is 284 g/mol. The van der Waals surface area contributed by atoms with Gasteiger partial charge in [-0.3, -0.25) is 0 Å². The third kappa shape index (κ3) is 2.88. The Labute approximate surface area is 118 Å². The van der Waals surface area contributed by atoms with Gasteiger partial charge in [0.15, 0.2) is 17.5 Å². The van der Waals surface area contributed by atoms with Gasteiger partial charge in [-0.25, -0.2) is 13.8 Å². The van der Waals surface area contributed by atoms with E-state index in [-0.39, 0.29) is 5.84 Å². The molecule has 104 valence electrons. The molecule has 1 heterocycles. The van der Waals surface area contributed by atoms with Crippen molar-refractivity contribution >= 4 is 17.6 Å². The number of halogens is 2. The van der Waals surface area contributed by atoms with Gasteiger partial charge < -0.3 is 10.9 Å². The molecule has 0 saturated carbocycles. The summed E-state index contributed by atoms with van der Waals surface area (Å²) in [7, 11) is 0. The summed E-state index contributed by atoms with van der Waals surface area (Å²) in [4.78, 5) is 4.60. The molecule has 0 unspecified atom stereocenters. The van der Waals surface area contributed by atoms with E-state index < -0.39 is 11.6 Å². The van der Waals surface area contributed by atoms with Gasteiger partial charge in [-0.15, -0.1) is 0 Å². The molecule has 0 bridgehead atoms. The zero-order valence-corrected chi connectivity index (χ0v) is 11.3. The third-order valence-corrected chi connectivity index (χ3v) is 3.59. The fourth-order valence-electron chi connectivity index (χ4n) is 1.62. The summed E-state index contributed by atoms with van der Waals surface area (Å²) < 4.78 is 26.1. The van der Waals surface area contributed by atoms with E-state index in [0.29, 0.717) is 15.5 Å². The van der Waals surface area contributed by atoms with E-state index in [1.165, 1.54) is 6.07 Å². The topological polar surface area (TPSA) is 71.5 Å². The monoisotopic (exact) mass is 295 g/mol. The maximum atomic E-state index is 13.2. The lowest BCUT2D eigenvalue weighted by molar-refractivity contribution is 0.318. The highest BCUT2D eigenvalue weighted by molar-refractivity contribution is 7.99. The van der Waals surface area contributed by atoms with Crippen molar-refractivity contribution < 1.29 is 14.0 Å². The van der Waals surface area contributed by atoms with E-state index in [1.807, 2.05) is 0 Å². The Morgan fingerprint density at radius 1 is 1.30 bits per heavy atom. The van der Waals surface area contributed by atoms with Crippen molar-refractivity contribution in [1.29, 1.82) is 0 Å². The van der Waals surface area contributed by atoms with Gasteiger partial charge in [0.05, 0.1) is 5.56 Å². The van der Waals surface area contributed by atoms with Crippen LogP contribution in [0.15, 0.2) is 45.5 Å². The van der Waals surface area contributed by atoms with Crippen LogP contribution in [0.25, 0.3) is 0 Å². The highest BCUT2D eigenvalue weighted by Gasteiger charge is 2.14. The Bertz CT molecular complexity index is 677. The summed E-state index contributed by atoms with van der Waals surface area (Å²) in [5, 5.41) is 12.2. The first kappa shape index (κ1) is 14.3. The zero-order valence-electron chi connectivity index (χ0n) is 10.5. The van der Waals surface area contributed by atoms with Crippen LogP contribution in [-0.2, 0) is 0 Å². The normalized spacial score (nSPS) is 11.7. The van der Waals surface area contributed by atoms with E-state index in [2.05, 4.69) is 10.1 Å². The predicted molar refractivity (Wildman–Crippen MR) is 72.0 cm³/mol. The summed E-state index contributed by atoms with van der Waals surface area (Å²) in [6.07, 6.45) is 1.56. The van der Waals surface area contributed by atoms with E-state index in [0.717, 1.165) is 29.5 Å². The van der Waals surface area contributed by atoms with Crippen LogP contribution in [0.5, 0.6) is 0 Å². The SMILES string of the molecule is Cc1ccnc(Sc2ccc(F)c(F)c2)c1/C(N)=N/O. The van der Waals surface area contributed by atoms with Crippen LogP contribution in [0, 0.1) is 18.6 Å². The van der Waals surface area contributed by atoms with Crippen molar-refractivity contribution in [2.45, 2.75) is 16.8 Å². The van der Waals surface area contributed by atoms with Gasteiger partial charge in [0.25, 0.3) is 0 Å². The van der Waals surface area contributed by atoms with Crippen LogP contribution in [0.2, 0.25) is 0 Å². The standard InChI is InChI=1S/C13H11F2N3OS/c1-7-4-5-17-13(11(7)12(16)18-19)20-8-2-3-9(14)10(15)6-8/h2-6,19H,1H3,(H2,16,18). The van der Waals surface area contributed by atoms with Crippen LogP contribution in [0.4, 0.5) is 8.78 Å². The number of nitrogens with two attached hydrogens (primary N) is 1. The fraction of sp³-hybridized carbons (Fsp3) is 0.0769. The number of benzene rings is 1. The fourth-order valence-corrected chi connectivity index (χ4v) is 2.63. The molecule has 1 aromatic heterocycles. The van der Waals surface area contributed by atoms with Crippen molar-refractivity contribution in [1.82, 2.24) is 4.98 Å². The van der Waals surface area contributed by atoms with Gasteiger partial charge in [0.1, 0.15) is 5.03 Å². The molecule has 0 aliphatic heterocycles. The van der Waals surface area contributed by atoms with Crippen LogP contribution < -0.4 is 5.73 Å². The minimum Gasteiger partial charge on any atom is -0.409 e. The molecule has 1 aromatic carbocycles. The minimum absolute atomic E-state index is 0.0827. The predicted octanol–water partition coefficient (Wildman–Crippen LogP) is 2.91. The second-order valence-electron chi connectivity index (χ2n) is 3.97. The van der Waals surface area contributed by atoms with Crippen LogP contribution >= 0.6 is 11.8 Å².